The Bertz CT molecular complexity index is 458. The summed E-state index contributed by atoms with van der Waals surface area (Å²) in [5.74, 6) is 0.937. The van der Waals surface area contributed by atoms with E-state index in [2.05, 4.69) is 17.4 Å². The molecule has 3 rings (SSSR count). The maximum atomic E-state index is 11.1. The van der Waals surface area contributed by atoms with Crippen LogP contribution in [0.15, 0.2) is 24.3 Å². The number of nitrogens with zero attached hydrogens (tertiary/aromatic N) is 1. The summed E-state index contributed by atoms with van der Waals surface area (Å²) in [6.45, 7) is 2.94. The molecule has 0 aromatic heterocycles. The fourth-order valence-corrected chi connectivity index (χ4v) is 3.17. The first kappa shape index (κ1) is 13.4. The van der Waals surface area contributed by atoms with Crippen molar-refractivity contribution in [2.45, 2.75) is 37.8 Å². The third kappa shape index (κ3) is 2.96. The van der Waals surface area contributed by atoms with E-state index in [1.54, 1.807) is 0 Å². The van der Waals surface area contributed by atoms with Crippen molar-refractivity contribution in [1.82, 2.24) is 10.2 Å². The summed E-state index contributed by atoms with van der Waals surface area (Å²) in [6.07, 6.45) is 5.55. The molecule has 1 aromatic carbocycles. The number of amides is 1. The van der Waals surface area contributed by atoms with Gasteiger partial charge in [0.25, 0.3) is 0 Å². The minimum Gasteiger partial charge on any atom is -0.490 e. The van der Waals surface area contributed by atoms with E-state index < -0.39 is 0 Å². The molecule has 1 aromatic rings. The number of nitrogens with one attached hydrogen (secondary N) is 1. The molecule has 2 aliphatic rings. The molecule has 0 spiro atoms. The van der Waals surface area contributed by atoms with Crippen molar-refractivity contribution < 1.29 is 9.53 Å². The SMILES string of the molecule is O=CN1CCCC1c1cccc(OC2CCNCC2)c1. The van der Waals surface area contributed by atoms with E-state index in [1.165, 1.54) is 5.56 Å². The van der Waals surface area contributed by atoms with Crippen molar-refractivity contribution >= 4 is 6.41 Å². The molecule has 4 nitrogen and oxygen atoms in total. The predicted octanol–water partition coefficient (Wildman–Crippen LogP) is 2.11. The van der Waals surface area contributed by atoms with Gasteiger partial charge in [-0.3, -0.25) is 4.79 Å². The molecule has 0 saturated carbocycles. The number of carbonyl (C=O) groups is 1. The molecule has 108 valence electrons. The van der Waals surface area contributed by atoms with Crippen molar-refractivity contribution in [2.75, 3.05) is 19.6 Å². The van der Waals surface area contributed by atoms with Gasteiger partial charge in [0, 0.05) is 6.54 Å². The summed E-state index contributed by atoms with van der Waals surface area (Å²) in [5, 5.41) is 3.34. The molecule has 2 saturated heterocycles. The van der Waals surface area contributed by atoms with Crippen LogP contribution in [0, 0.1) is 0 Å². The number of ether oxygens (including phenoxy) is 1. The molecule has 20 heavy (non-hydrogen) atoms. The van der Waals surface area contributed by atoms with Crippen molar-refractivity contribution in [3.63, 3.8) is 0 Å². The average molecular weight is 274 g/mol. The third-order valence-corrected chi connectivity index (χ3v) is 4.26. The molecule has 4 heteroatoms. The minimum atomic E-state index is 0.226. The molecule has 0 radical (unpaired) electrons. The highest BCUT2D eigenvalue weighted by molar-refractivity contribution is 5.50. The highest BCUT2D eigenvalue weighted by Crippen LogP contribution is 2.32. The molecule has 1 N–H and O–H groups in total. The smallest absolute Gasteiger partial charge is 0.210 e. The fraction of sp³-hybridized carbons (Fsp3) is 0.562. The van der Waals surface area contributed by atoms with Crippen molar-refractivity contribution in [1.29, 1.82) is 0 Å². The van der Waals surface area contributed by atoms with Gasteiger partial charge in [-0.15, -0.1) is 0 Å². The number of carbonyl (C=O) groups excluding carboxylic acids is 1. The summed E-state index contributed by atoms with van der Waals surface area (Å²) in [4.78, 5) is 13.0. The summed E-state index contributed by atoms with van der Waals surface area (Å²) < 4.78 is 6.08. The van der Waals surface area contributed by atoms with E-state index in [9.17, 15) is 4.79 Å². The van der Waals surface area contributed by atoms with E-state index in [-0.39, 0.29) is 6.04 Å². The second kappa shape index (κ2) is 6.27. The van der Waals surface area contributed by atoms with E-state index >= 15 is 0 Å². The van der Waals surface area contributed by atoms with Crippen LogP contribution in [0.25, 0.3) is 0 Å². The van der Waals surface area contributed by atoms with Gasteiger partial charge in [0.2, 0.25) is 6.41 Å². The van der Waals surface area contributed by atoms with Gasteiger partial charge in [0.15, 0.2) is 0 Å². The molecule has 1 amide bonds. The maximum absolute atomic E-state index is 11.1. The van der Waals surface area contributed by atoms with Crippen LogP contribution in [0.3, 0.4) is 0 Å². The largest absolute Gasteiger partial charge is 0.490 e. The second-order valence-corrected chi connectivity index (χ2v) is 5.64. The maximum Gasteiger partial charge on any atom is 0.210 e. The first-order valence-electron chi connectivity index (χ1n) is 7.55. The summed E-state index contributed by atoms with van der Waals surface area (Å²) in [6, 6.07) is 8.48. The minimum absolute atomic E-state index is 0.226. The highest BCUT2D eigenvalue weighted by atomic mass is 16.5. The Morgan fingerprint density at radius 1 is 1.25 bits per heavy atom. The molecule has 0 aliphatic carbocycles. The van der Waals surface area contributed by atoms with E-state index in [4.69, 9.17) is 4.74 Å². The average Bonchev–Trinajstić information content (AvgIpc) is 2.97. The van der Waals surface area contributed by atoms with Crippen LogP contribution in [0.2, 0.25) is 0 Å². The number of rotatable bonds is 4. The Hall–Kier alpha value is -1.55. The molecular formula is C16H22N2O2. The summed E-state index contributed by atoms with van der Waals surface area (Å²) >= 11 is 0. The third-order valence-electron chi connectivity index (χ3n) is 4.26. The second-order valence-electron chi connectivity index (χ2n) is 5.64. The molecule has 1 atom stereocenters. The van der Waals surface area contributed by atoms with Crippen LogP contribution < -0.4 is 10.1 Å². The number of piperidine rings is 1. The Labute approximate surface area is 120 Å². The molecule has 2 fully saturated rings. The van der Waals surface area contributed by atoms with E-state index in [1.807, 2.05) is 17.0 Å². The summed E-state index contributed by atoms with van der Waals surface area (Å²) in [5.41, 5.74) is 1.20. The lowest BCUT2D eigenvalue weighted by molar-refractivity contribution is -0.118. The lowest BCUT2D eigenvalue weighted by Crippen LogP contribution is -2.34. The Morgan fingerprint density at radius 2 is 2.10 bits per heavy atom. The van der Waals surface area contributed by atoms with Crippen LogP contribution in [-0.2, 0) is 4.79 Å². The Morgan fingerprint density at radius 3 is 2.90 bits per heavy atom. The zero-order chi connectivity index (χ0) is 13.8. The van der Waals surface area contributed by atoms with Gasteiger partial charge in [0.05, 0.1) is 6.04 Å². The van der Waals surface area contributed by atoms with Crippen LogP contribution >= 0.6 is 0 Å². The fourth-order valence-electron chi connectivity index (χ4n) is 3.17. The zero-order valence-electron chi connectivity index (χ0n) is 11.8. The molecule has 1 unspecified atom stereocenters. The van der Waals surface area contributed by atoms with Crippen molar-refractivity contribution in [3.8, 4) is 5.75 Å². The van der Waals surface area contributed by atoms with Crippen LogP contribution in [0.1, 0.15) is 37.3 Å². The van der Waals surface area contributed by atoms with Gasteiger partial charge in [-0.2, -0.15) is 0 Å². The van der Waals surface area contributed by atoms with Gasteiger partial charge in [-0.05, 0) is 56.5 Å². The normalized spacial score (nSPS) is 23.8. The lowest BCUT2D eigenvalue weighted by Gasteiger charge is -2.25. The predicted molar refractivity (Wildman–Crippen MR) is 77.7 cm³/mol. The molecule has 2 aliphatic heterocycles. The number of hydrogen-bond donors (Lipinski definition) is 1. The van der Waals surface area contributed by atoms with Crippen LogP contribution in [0.4, 0.5) is 0 Å². The standard InChI is InChI=1S/C16H22N2O2/c19-12-18-10-2-5-16(18)13-3-1-4-15(11-13)20-14-6-8-17-9-7-14/h1,3-4,11-12,14,16-17H,2,5-10H2. The Balaban J connectivity index is 1.70. The summed E-state index contributed by atoms with van der Waals surface area (Å²) in [7, 11) is 0. The van der Waals surface area contributed by atoms with Gasteiger partial charge < -0.3 is 15.0 Å². The van der Waals surface area contributed by atoms with Crippen molar-refractivity contribution in [3.05, 3.63) is 29.8 Å². The van der Waals surface area contributed by atoms with E-state index in [0.29, 0.717) is 6.10 Å². The topological polar surface area (TPSA) is 41.6 Å². The van der Waals surface area contributed by atoms with Gasteiger partial charge in [-0.1, -0.05) is 12.1 Å². The van der Waals surface area contributed by atoms with Crippen LogP contribution in [0.5, 0.6) is 5.75 Å². The monoisotopic (exact) mass is 274 g/mol. The van der Waals surface area contributed by atoms with Crippen LogP contribution in [-0.4, -0.2) is 37.0 Å². The first-order valence-corrected chi connectivity index (χ1v) is 7.55. The Kier molecular flexibility index (Phi) is 4.21. The molecule has 0 bridgehead atoms. The van der Waals surface area contributed by atoms with Gasteiger partial charge >= 0.3 is 0 Å². The van der Waals surface area contributed by atoms with Crippen molar-refractivity contribution in [2.24, 2.45) is 0 Å². The molecule has 2 heterocycles. The van der Waals surface area contributed by atoms with Gasteiger partial charge in [0.1, 0.15) is 11.9 Å². The number of likely N-dealkylation sites (tertiary alicyclic amines) is 1. The zero-order valence-corrected chi connectivity index (χ0v) is 11.8. The number of hydrogen-bond acceptors (Lipinski definition) is 3. The van der Waals surface area contributed by atoms with E-state index in [0.717, 1.165) is 57.5 Å². The quantitative estimate of drug-likeness (QED) is 0.855. The first-order chi connectivity index (χ1) is 9.86. The molecular weight excluding hydrogens is 252 g/mol. The highest BCUT2D eigenvalue weighted by Gasteiger charge is 2.25. The van der Waals surface area contributed by atoms with Gasteiger partial charge in [-0.25, -0.2) is 0 Å². The lowest BCUT2D eigenvalue weighted by atomic mass is 10.0. The number of benzene rings is 1.